The van der Waals surface area contributed by atoms with Gasteiger partial charge in [-0.2, -0.15) is 0 Å². The SMILES string of the molecule is O=S(=O)(NCCc1cncn1Cc1ccccc1)c1ccc(-c2ccccn2)nc1. The Kier molecular flexibility index (Phi) is 5.97. The minimum atomic E-state index is -3.65. The van der Waals surface area contributed by atoms with E-state index in [1.165, 1.54) is 6.20 Å². The molecule has 0 fully saturated rings. The van der Waals surface area contributed by atoms with Crippen molar-refractivity contribution in [3.05, 3.63) is 96.8 Å². The number of sulfonamides is 1. The smallest absolute Gasteiger partial charge is 0.242 e. The summed E-state index contributed by atoms with van der Waals surface area (Å²) in [4.78, 5) is 12.8. The molecule has 1 aromatic carbocycles. The summed E-state index contributed by atoms with van der Waals surface area (Å²) in [7, 11) is -3.65. The number of nitrogens with zero attached hydrogens (tertiary/aromatic N) is 4. The molecule has 0 saturated heterocycles. The monoisotopic (exact) mass is 419 g/mol. The summed E-state index contributed by atoms with van der Waals surface area (Å²) in [5.74, 6) is 0. The third kappa shape index (κ3) is 4.79. The van der Waals surface area contributed by atoms with E-state index >= 15 is 0 Å². The van der Waals surface area contributed by atoms with Gasteiger partial charge in [0, 0.05) is 43.8 Å². The average Bonchev–Trinajstić information content (AvgIpc) is 3.22. The number of aromatic nitrogens is 4. The molecule has 8 heteroatoms. The zero-order chi connectivity index (χ0) is 20.8. The van der Waals surface area contributed by atoms with Crippen LogP contribution in [0.5, 0.6) is 0 Å². The molecule has 1 N–H and O–H groups in total. The van der Waals surface area contributed by atoms with E-state index in [-0.39, 0.29) is 11.4 Å². The van der Waals surface area contributed by atoms with E-state index in [2.05, 4.69) is 19.7 Å². The molecular weight excluding hydrogens is 398 g/mol. The van der Waals surface area contributed by atoms with Crippen molar-refractivity contribution in [1.29, 1.82) is 0 Å². The highest BCUT2D eigenvalue weighted by atomic mass is 32.2. The van der Waals surface area contributed by atoms with Crippen LogP contribution in [0, 0.1) is 0 Å². The first-order chi connectivity index (χ1) is 14.6. The Hall–Kier alpha value is -3.36. The first-order valence-electron chi connectivity index (χ1n) is 9.52. The molecule has 0 bridgehead atoms. The number of rotatable bonds is 8. The van der Waals surface area contributed by atoms with E-state index in [1.807, 2.05) is 53.1 Å². The Balaban J connectivity index is 1.38. The Morgan fingerprint density at radius 2 is 1.67 bits per heavy atom. The lowest BCUT2D eigenvalue weighted by Gasteiger charge is -2.10. The van der Waals surface area contributed by atoms with Gasteiger partial charge in [0.2, 0.25) is 10.0 Å². The lowest BCUT2D eigenvalue weighted by Crippen LogP contribution is -2.26. The summed E-state index contributed by atoms with van der Waals surface area (Å²) in [5, 5.41) is 0. The van der Waals surface area contributed by atoms with Crippen LogP contribution >= 0.6 is 0 Å². The van der Waals surface area contributed by atoms with Gasteiger partial charge in [0.25, 0.3) is 0 Å². The topological polar surface area (TPSA) is 89.8 Å². The van der Waals surface area contributed by atoms with Gasteiger partial charge in [-0.05, 0) is 29.8 Å². The average molecular weight is 420 g/mol. The summed E-state index contributed by atoms with van der Waals surface area (Å²) in [6, 6.07) is 18.8. The number of pyridine rings is 2. The van der Waals surface area contributed by atoms with Crippen LogP contribution in [0.3, 0.4) is 0 Å². The second-order valence-corrected chi connectivity index (χ2v) is 8.51. The van der Waals surface area contributed by atoms with Crippen molar-refractivity contribution in [3.8, 4) is 11.4 Å². The third-order valence-corrected chi connectivity index (χ3v) is 6.09. The van der Waals surface area contributed by atoms with Crippen LogP contribution in [0.15, 0.2) is 90.5 Å². The molecule has 4 aromatic rings. The molecule has 30 heavy (non-hydrogen) atoms. The summed E-state index contributed by atoms with van der Waals surface area (Å²) in [6.07, 6.45) is 7.08. The van der Waals surface area contributed by atoms with Crippen LogP contribution < -0.4 is 4.72 Å². The van der Waals surface area contributed by atoms with Crippen molar-refractivity contribution in [1.82, 2.24) is 24.2 Å². The molecule has 0 aliphatic carbocycles. The molecule has 0 aliphatic heterocycles. The van der Waals surface area contributed by atoms with Crippen molar-refractivity contribution >= 4 is 10.0 Å². The molecule has 0 aliphatic rings. The number of nitrogens with one attached hydrogen (secondary N) is 1. The number of imidazole rings is 1. The van der Waals surface area contributed by atoms with Crippen LogP contribution in [0.4, 0.5) is 0 Å². The molecule has 3 heterocycles. The van der Waals surface area contributed by atoms with Gasteiger partial charge in [-0.3, -0.25) is 9.97 Å². The van der Waals surface area contributed by atoms with E-state index in [1.54, 1.807) is 30.9 Å². The molecule has 0 saturated carbocycles. The molecular formula is C22H21N5O2S. The number of benzene rings is 1. The molecule has 0 atom stereocenters. The van der Waals surface area contributed by atoms with Gasteiger partial charge in [0.1, 0.15) is 4.90 Å². The summed E-state index contributed by atoms with van der Waals surface area (Å²) >= 11 is 0. The largest absolute Gasteiger partial charge is 0.330 e. The van der Waals surface area contributed by atoms with Gasteiger partial charge in [-0.25, -0.2) is 18.1 Å². The molecule has 0 amide bonds. The van der Waals surface area contributed by atoms with Gasteiger partial charge in [0.05, 0.1) is 17.7 Å². The van der Waals surface area contributed by atoms with Crippen molar-refractivity contribution in [2.24, 2.45) is 0 Å². The maximum Gasteiger partial charge on any atom is 0.242 e. The minimum Gasteiger partial charge on any atom is -0.330 e. The summed E-state index contributed by atoms with van der Waals surface area (Å²) < 4.78 is 29.9. The van der Waals surface area contributed by atoms with Crippen LogP contribution in [-0.2, 0) is 23.0 Å². The van der Waals surface area contributed by atoms with Crippen molar-refractivity contribution in [3.63, 3.8) is 0 Å². The maximum atomic E-state index is 12.6. The van der Waals surface area contributed by atoms with E-state index in [4.69, 9.17) is 0 Å². The Morgan fingerprint density at radius 3 is 2.40 bits per heavy atom. The highest BCUT2D eigenvalue weighted by molar-refractivity contribution is 7.89. The van der Waals surface area contributed by atoms with Gasteiger partial charge in [-0.15, -0.1) is 0 Å². The van der Waals surface area contributed by atoms with E-state index in [0.717, 1.165) is 11.3 Å². The molecule has 152 valence electrons. The van der Waals surface area contributed by atoms with Crippen LogP contribution in [0.25, 0.3) is 11.4 Å². The summed E-state index contributed by atoms with van der Waals surface area (Å²) in [5.41, 5.74) is 3.45. The molecule has 0 spiro atoms. The van der Waals surface area contributed by atoms with Crippen molar-refractivity contribution in [2.45, 2.75) is 17.9 Å². The first kappa shape index (κ1) is 19.9. The predicted molar refractivity (Wildman–Crippen MR) is 114 cm³/mol. The Labute approximate surface area is 175 Å². The highest BCUT2D eigenvalue weighted by Gasteiger charge is 2.15. The second kappa shape index (κ2) is 8.98. The number of hydrogen-bond donors (Lipinski definition) is 1. The van der Waals surface area contributed by atoms with Gasteiger partial charge < -0.3 is 4.57 Å². The highest BCUT2D eigenvalue weighted by Crippen LogP contribution is 2.16. The lowest BCUT2D eigenvalue weighted by atomic mass is 10.2. The molecule has 4 rings (SSSR count). The van der Waals surface area contributed by atoms with Gasteiger partial charge >= 0.3 is 0 Å². The number of hydrogen-bond acceptors (Lipinski definition) is 5. The fraction of sp³-hybridized carbons (Fsp3) is 0.136. The predicted octanol–water partition coefficient (Wildman–Crippen LogP) is 2.91. The van der Waals surface area contributed by atoms with E-state index in [9.17, 15) is 8.42 Å². The lowest BCUT2D eigenvalue weighted by molar-refractivity contribution is 0.580. The minimum absolute atomic E-state index is 0.125. The Morgan fingerprint density at radius 1 is 0.867 bits per heavy atom. The quantitative estimate of drug-likeness (QED) is 0.474. The normalized spacial score (nSPS) is 11.5. The zero-order valence-corrected chi connectivity index (χ0v) is 17.0. The van der Waals surface area contributed by atoms with Gasteiger partial charge in [0.15, 0.2) is 0 Å². The van der Waals surface area contributed by atoms with Crippen molar-refractivity contribution in [2.75, 3.05) is 6.54 Å². The molecule has 3 aromatic heterocycles. The molecule has 0 unspecified atom stereocenters. The second-order valence-electron chi connectivity index (χ2n) is 6.74. The van der Waals surface area contributed by atoms with Crippen LogP contribution in [0.2, 0.25) is 0 Å². The fourth-order valence-corrected chi connectivity index (χ4v) is 4.06. The van der Waals surface area contributed by atoms with Gasteiger partial charge in [-0.1, -0.05) is 36.4 Å². The van der Waals surface area contributed by atoms with Crippen LogP contribution in [-0.4, -0.2) is 34.5 Å². The standard InChI is InChI=1S/C22H21N5O2S/c28-30(29,20-9-10-22(25-15-20)21-8-4-5-12-24-21)26-13-11-19-14-23-17-27(19)16-18-6-2-1-3-7-18/h1-10,12,14-15,17,26H,11,13,16H2. The van der Waals surface area contributed by atoms with Crippen LogP contribution in [0.1, 0.15) is 11.3 Å². The third-order valence-electron chi connectivity index (χ3n) is 4.64. The first-order valence-corrected chi connectivity index (χ1v) is 11.0. The molecule has 7 nitrogen and oxygen atoms in total. The summed E-state index contributed by atoms with van der Waals surface area (Å²) in [6.45, 7) is 0.965. The molecule has 0 radical (unpaired) electrons. The van der Waals surface area contributed by atoms with E-state index in [0.29, 0.717) is 24.4 Å². The van der Waals surface area contributed by atoms with E-state index < -0.39 is 10.0 Å². The maximum absolute atomic E-state index is 12.6. The van der Waals surface area contributed by atoms with Crippen molar-refractivity contribution < 1.29 is 8.42 Å². The Bertz CT molecular complexity index is 1190. The fourth-order valence-electron chi connectivity index (χ4n) is 3.08. The zero-order valence-electron chi connectivity index (χ0n) is 16.2.